The van der Waals surface area contributed by atoms with Crippen molar-refractivity contribution in [3.05, 3.63) is 35.9 Å². The van der Waals surface area contributed by atoms with Crippen molar-refractivity contribution in [2.45, 2.75) is 6.92 Å². The third-order valence-electron chi connectivity index (χ3n) is 3.12. The third-order valence-corrected chi connectivity index (χ3v) is 3.12. The Hall–Kier alpha value is -2.36. The Kier molecular flexibility index (Phi) is 3.51. The van der Waals surface area contributed by atoms with Gasteiger partial charge in [-0.1, -0.05) is 30.3 Å². The van der Waals surface area contributed by atoms with E-state index in [0.29, 0.717) is 28.3 Å². The molecule has 100 valence electrons. The Morgan fingerprint density at radius 1 is 1.00 bits per heavy atom. The van der Waals surface area contributed by atoms with Gasteiger partial charge in [-0.25, -0.2) is 0 Å². The first-order valence-corrected chi connectivity index (χ1v) is 5.90. The molecule has 4 nitrogen and oxygen atoms in total. The third kappa shape index (κ3) is 2.05. The second-order valence-electron chi connectivity index (χ2n) is 4.19. The maximum absolute atomic E-state index is 10.4. The predicted molar refractivity (Wildman–Crippen MR) is 75.8 cm³/mol. The maximum atomic E-state index is 10.4. The highest BCUT2D eigenvalue weighted by Crippen LogP contribution is 2.49. The molecule has 0 aliphatic heterocycles. The Morgan fingerprint density at radius 2 is 1.58 bits per heavy atom. The first-order valence-electron chi connectivity index (χ1n) is 5.90. The first-order chi connectivity index (χ1) is 9.11. The zero-order valence-corrected chi connectivity index (χ0v) is 11.2. The number of hydrogen-bond donors (Lipinski definition) is 2. The number of hydrogen-bond acceptors (Lipinski definition) is 4. The molecule has 0 saturated heterocycles. The zero-order valence-electron chi connectivity index (χ0n) is 11.2. The standard InChI is InChI=1S/C15H17NO3/c1-9-14(18-2)12(16)11(13(17)15(9)19-3)10-7-5-4-6-8-10/h4-8,17H,16H2,1-3H3. The molecule has 2 rings (SSSR count). The molecule has 0 heterocycles. The molecule has 0 radical (unpaired) electrons. The number of rotatable bonds is 3. The van der Waals surface area contributed by atoms with Gasteiger partial charge in [-0.2, -0.15) is 0 Å². The van der Waals surface area contributed by atoms with E-state index in [1.165, 1.54) is 7.11 Å². The Balaban J connectivity index is 2.81. The quantitative estimate of drug-likeness (QED) is 0.832. The van der Waals surface area contributed by atoms with Gasteiger partial charge in [0.05, 0.1) is 25.5 Å². The number of methoxy groups -OCH3 is 2. The molecule has 3 N–H and O–H groups in total. The van der Waals surface area contributed by atoms with Gasteiger partial charge in [-0.15, -0.1) is 0 Å². The smallest absolute Gasteiger partial charge is 0.168 e. The summed E-state index contributed by atoms with van der Waals surface area (Å²) in [7, 11) is 3.05. The number of nitrogen functional groups attached to an aromatic ring is 1. The molecule has 0 unspecified atom stereocenters. The van der Waals surface area contributed by atoms with Gasteiger partial charge < -0.3 is 20.3 Å². The molecule has 0 aromatic heterocycles. The van der Waals surface area contributed by atoms with Gasteiger partial charge >= 0.3 is 0 Å². The summed E-state index contributed by atoms with van der Waals surface area (Å²) in [6.07, 6.45) is 0. The van der Waals surface area contributed by atoms with Crippen LogP contribution in [0.25, 0.3) is 11.1 Å². The van der Waals surface area contributed by atoms with Crippen LogP contribution < -0.4 is 15.2 Å². The number of phenolic OH excluding ortho intramolecular Hbond substituents is 1. The summed E-state index contributed by atoms with van der Waals surface area (Å²) in [5.74, 6) is 0.933. The molecule has 0 aliphatic rings. The van der Waals surface area contributed by atoms with Crippen LogP contribution in [0.15, 0.2) is 30.3 Å². The first kappa shape index (κ1) is 13.1. The van der Waals surface area contributed by atoms with Crippen LogP contribution in [0.3, 0.4) is 0 Å². The number of ether oxygens (including phenoxy) is 2. The highest BCUT2D eigenvalue weighted by Gasteiger charge is 2.22. The highest BCUT2D eigenvalue weighted by atomic mass is 16.5. The predicted octanol–water partition coefficient (Wildman–Crippen LogP) is 2.97. The lowest BCUT2D eigenvalue weighted by atomic mass is 9.98. The fraction of sp³-hybridized carbons (Fsp3) is 0.200. The van der Waals surface area contributed by atoms with Crippen molar-refractivity contribution in [1.29, 1.82) is 0 Å². The summed E-state index contributed by atoms with van der Waals surface area (Å²) in [5.41, 5.74) is 8.54. The normalized spacial score (nSPS) is 10.3. The fourth-order valence-corrected chi connectivity index (χ4v) is 2.25. The van der Waals surface area contributed by atoms with Gasteiger partial charge in [-0.3, -0.25) is 0 Å². The average molecular weight is 259 g/mol. The Bertz CT molecular complexity index is 563. The lowest BCUT2D eigenvalue weighted by Gasteiger charge is -2.18. The van der Waals surface area contributed by atoms with Crippen molar-refractivity contribution >= 4 is 5.69 Å². The van der Waals surface area contributed by atoms with E-state index in [9.17, 15) is 5.11 Å². The molecule has 0 bridgehead atoms. The van der Waals surface area contributed by atoms with E-state index in [2.05, 4.69) is 0 Å². The van der Waals surface area contributed by atoms with Gasteiger partial charge in [-0.05, 0) is 12.5 Å². The molecule has 0 saturated carbocycles. The van der Waals surface area contributed by atoms with Gasteiger partial charge in [0.25, 0.3) is 0 Å². The minimum Gasteiger partial charge on any atom is -0.504 e. The second kappa shape index (κ2) is 5.10. The van der Waals surface area contributed by atoms with E-state index < -0.39 is 0 Å². The van der Waals surface area contributed by atoms with Crippen molar-refractivity contribution in [1.82, 2.24) is 0 Å². The molecule has 2 aromatic rings. The average Bonchev–Trinajstić information content (AvgIpc) is 2.41. The molecule has 0 atom stereocenters. The molecule has 0 aliphatic carbocycles. The SMILES string of the molecule is COc1c(C)c(OC)c(O)c(-c2ccccc2)c1N. The minimum atomic E-state index is 0.0319. The van der Waals surface area contributed by atoms with Crippen molar-refractivity contribution in [2.24, 2.45) is 0 Å². The molecule has 0 fully saturated rings. The molecule has 0 amide bonds. The largest absolute Gasteiger partial charge is 0.504 e. The van der Waals surface area contributed by atoms with Crippen LogP contribution in [0, 0.1) is 6.92 Å². The molecule has 0 spiro atoms. The second-order valence-corrected chi connectivity index (χ2v) is 4.19. The van der Waals surface area contributed by atoms with Crippen molar-refractivity contribution < 1.29 is 14.6 Å². The van der Waals surface area contributed by atoms with Gasteiger partial charge in [0.2, 0.25) is 0 Å². The zero-order chi connectivity index (χ0) is 14.0. The van der Waals surface area contributed by atoms with Crippen molar-refractivity contribution in [2.75, 3.05) is 20.0 Å². The topological polar surface area (TPSA) is 64.7 Å². The molecular weight excluding hydrogens is 242 g/mol. The van der Waals surface area contributed by atoms with Crippen molar-refractivity contribution in [3.63, 3.8) is 0 Å². The Morgan fingerprint density at radius 3 is 2.11 bits per heavy atom. The lowest BCUT2D eigenvalue weighted by Crippen LogP contribution is -2.01. The van der Waals surface area contributed by atoms with Crippen LogP contribution in [0.1, 0.15) is 5.56 Å². The van der Waals surface area contributed by atoms with Gasteiger partial charge in [0, 0.05) is 5.56 Å². The van der Waals surface area contributed by atoms with Crippen LogP contribution in [-0.2, 0) is 0 Å². The van der Waals surface area contributed by atoms with Crippen molar-refractivity contribution in [3.8, 4) is 28.4 Å². The maximum Gasteiger partial charge on any atom is 0.168 e. The summed E-state index contributed by atoms with van der Waals surface area (Å²) in [4.78, 5) is 0. The van der Waals surface area contributed by atoms with Crippen LogP contribution >= 0.6 is 0 Å². The lowest BCUT2D eigenvalue weighted by molar-refractivity contribution is 0.362. The molecule has 2 aromatic carbocycles. The Labute approximate surface area is 112 Å². The summed E-state index contributed by atoms with van der Waals surface area (Å²) in [6.45, 7) is 1.79. The van der Waals surface area contributed by atoms with E-state index in [0.717, 1.165) is 5.56 Å². The number of aromatic hydroxyl groups is 1. The summed E-state index contributed by atoms with van der Waals surface area (Å²) >= 11 is 0. The van der Waals surface area contributed by atoms with E-state index in [-0.39, 0.29) is 5.75 Å². The molecule has 19 heavy (non-hydrogen) atoms. The van der Waals surface area contributed by atoms with E-state index in [1.54, 1.807) is 14.0 Å². The number of anilines is 1. The summed E-state index contributed by atoms with van der Waals surface area (Å²) in [5, 5.41) is 10.4. The summed E-state index contributed by atoms with van der Waals surface area (Å²) < 4.78 is 10.6. The van der Waals surface area contributed by atoms with Crippen LogP contribution in [0.4, 0.5) is 5.69 Å². The van der Waals surface area contributed by atoms with Gasteiger partial charge in [0.1, 0.15) is 5.75 Å². The van der Waals surface area contributed by atoms with E-state index in [4.69, 9.17) is 15.2 Å². The summed E-state index contributed by atoms with van der Waals surface area (Å²) in [6, 6.07) is 9.42. The van der Waals surface area contributed by atoms with E-state index in [1.807, 2.05) is 30.3 Å². The number of nitrogens with two attached hydrogens (primary N) is 1. The van der Waals surface area contributed by atoms with Crippen LogP contribution in [0.5, 0.6) is 17.2 Å². The number of benzene rings is 2. The minimum absolute atomic E-state index is 0.0319. The van der Waals surface area contributed by atoms with Crippen LogP contribution in [0.2, 0.25) is 0 Å². The highest BCUT2D eigenvalue weighted by molar-refractivity contribution is 5.89. The van der Waals surface area contributed by atoms with Gasteiger partial charge in [0.15, 0.2) is 11.5 Å². The monoisotopic (exact) mass is 259 g/mol. The fourth-order valence-electron chi connectivity index (χ4n) is 2.25. The number of phenols is 1. The molecular formula is C15H17NO3. The van der Waals surface area contributed by atoms with E-state index >= 15 is 0 Å². The van der Waals surface area contributed by atoms with Crippen LogP contribution in [-0.4, -0.2) is 19.3 Å². The molecule has 4 heteroatoms.